The molecule has 4 heteroatoms. The van der Waals surface area contributed by atoms with Gasteiger partial charge in [-0.3, -0.25) is 0 Å². The van der Waals surface area contributed by atoms with E-state index in [-0.39, 0.29) is 0 Å². The van der Waals surface area contributed by atoms with E-state index in [1.807, 2.05) is 6.07 Å². The number of nitrogens with one attached hydrogen (secondary N) is 1. The average Bonchev–Trinajstić information content (AvgIpc) is 2.15. The summed E-state index contributed by atoms with van der Waals surface area (Å²) in [7, 11) is 0. The summed E-state index contributed by atoms with van der Waals surface area (Å²) in [5.74, 6) is 0.921. The van der Waals surface area contributed by atoms with E-state index in [2.05, 4.69) is 49.1 Å². The van der Waals surface area contributed by atoms with Gasteiger partial charge in [0.05, 0.1) is 4.47 Å². The smallest absolute Gasteiger partial charge is 0.140 e. The van der Waals surface area contributed by atoms with Crippen molar-refractivity contribution in [3.63, 3.8) is 0 Å². The molecule has 0 aromatic carbocycles. The second-order valence-electron chi connectivity index (χ2n) is 3.12. The molecule has 1 N–H and O–H groups in total. The van der Waals surface area contributed by atoms with Gasteiger partial charge in [0.1, 0.15) is 5.82 Å². The molecule has 14 heavy (non-hydrogen) atoms. The summed E-state index contributed by atoms with van der Waals surface area (Å²) in [6.07, 6.45) is 5.51. The molecule has 1 rings (SSSR count). The minimum atomic E-state index is 0.921. The summed E-state index contributed by atoms with van der Waals surface area (Å²) >= 11 is 6.83. The minimum Gasteiger partial charge on any atom is -0.369 e. The highest BCUT2D eigenvalue weighted by molar-refractivity contribution is 9.11. The van der Waals surface area contributed by atoms with Crippen molar-refractivity contribution in [2.75, 3.05) is 11.9 Å². The fourth-order valence-corrected chi connectivity index (χ4v) is 2.25. The van der Waals surface area contributed by atoms with Crippen LogP contribution in [0.5, 0.6) is 0 Å². The van der Waals surface area contributed by atoms with Gasteiger partial charge in [-0.05, 0) is 44.3 Å². The first-order valence-corrected chi connectivity index (χ1v) is 6.37. The van der Waals surface area contributed by atoms with Gasteiger partial charge < -0.3 is 5.32 Å². The summed E-state index contributed by atoms with van der Waals surface area (Å²) in [6, 6.07) is 2.00. The summed E-state index contributed by atoms with van der Waals surface area (Å²) in [4.78, 5) is 4.27. The van der Waals surface area contributed by atoms with Crippen LogP contribution < -0.4 is 5.32 Å². The van der Waals surface area contributed by atoms with Gasteiger partial charge in [-0.25, -0.2) is 4.98 Å². The molecule has 0 fully saturated rings. The van der Waals surface area contributed by atoms with Crippen LogP contribution in [0.25, 0.3) is 0 Å². The van der Waals surface area contributed by atoms with Crippen LogP contribution in [-0.4, -0.2) is 11.5 Å². The maximum Gasteiger partial charge on any atom is 0.140 e. The van der Waals surface area contributed by atoms with Crippen LogP contribution in [0.2, 0.25) is 0 Å². The maximum atomic E-state index is 4.27. The summed E-state index contributed by atoms with van der Waals surface area (Å²) < 4.78 is 1.99. The number of unbranched alkanes of at least 4 members (excludes halogenated alkanes) is 2. The Morgan fingerprint density at radius 3 is 2.79 bits per heavy atom. The Balaban J connectivity index is 2.42. The molecule has 1 aromatic rings. The second kappa shape index (κ2) is 6.40. The van der Waals surface area contributed by atoms with E-state index in [9.17, 15) is 0 Å². The van der Waals surface area contributed by atoms with E-state index >= 15 is 0 Å². The van der Waals surface area contributed by atoms with Crippen molar-refractivity contribution in [1.82, 2.24) is 4.98 Å². The molecule has 0 aliphatic rings. The van der Waals surface area contributed by atoms with Gasteiger partial charge in [0, 0.05) is 17.2 Å². The molecular weight excluding hydrogens is 308 g/mol. The lowest BCUT2D eigenvalue weighted by Gasteiger charge is -2.06. The Labute approximate surface area is 102 Å². The van der Waals surface area contributed by atoms with E-state index in [0.29, 0.717) is 0 Å². The zero-order valence-corrected chi connectivity index (χ0v) is 11.4. The van der Waals surface area contributed by atoms with Crippen LogP contribution in [-0.2, 0) is 0 Å². The monoisotopic (exact) mass is 320 g/mol. The molecule has 0 unspecified atom stereocenters. The van der Waals surface area contributed by atoms with Crippen LogP contribution >= 0.6 is 31.9 Å². The predicted octanol–water partition coefficient (Wildman–Crippen LogP) is 4.21. The van der Waals surface area contributed by atoms with Gasteiger partial charge in [-0.2, -0.15) is 0 Å². The van der Waals surface area contributed by atoms with Crippen molar-refractivity contribution in [2.24, 2.45) is 0 Å². The molecule has 0 radical (unpaired) electrons. The van der Waals surface area contributed by atoms with Crippen molar-refractivity contribution in [2.45, 2.75) is 26.2 Å². The molecule has 78 valence electrons. The first kappa shape index (κ1) is 12.0. The lowest BCUT2D eigenvalue weighted by molar-refractivity contribution is 0.742. The van der Waals surface area contributed by atoms with E-state index in [1.54, 1.807) is 6.20 Å². The van der Waals surface area contributed by atoms with E-state index in [1.165, 1.54) is 19.3 Å². The summed E-state index contributed by atoms with van der Waals surface area (Å²) in [5, 5.41) is 3.30. The largest absolute Gasteiger partial charge is 0.369 e. The highest BCUT2D eigenvalue weighted by atomic mass is 79.9. The lowest BCUT2D eigenvalue weighted by Crippen LogP contribution is -2.03. The number of pyridine rings is 1. The van der Waals surface area contributed by atoms with E-state index in [4.69, 9.17) is 0 Å². The third-order valence-corrected chi connectivity index (χ3v) is 2.92. The Kier molecular flexibility index (Phi) is 5.48. The SMILES string of the molecule is CCCCCNc1ncc(Br)cc1Br. The third kappa shape index (κ3) is 3.96. The van der Waals surface area contributed by atoms with Gasteiger partial charge >= 0.3 is 0 Å². The fraction of sp³-hybridized carbons (Fsp3) is 0.500. The highest BCUT2D eigenvalue weighted by Crippen LogP contribution is 2.23. The molecule has 0 aliphatic carbocycles. The molecular formula is C10H14Br2N2. The minimum absolute atomic E-state index is 0.921. The zero-order valence-electron chi connectivity index (χ0n) is 8.19. The standard InChI is InChI=1S/C10H14Br2N2/c1-2-3-4-5-13-10-9(12)6-8(11)7-14-10/h6-7H,2-5H2,1H3,(H,13,14). The van der Waals surface area contributed by atoms with Crippen molar-refractivity contribution in [3.05, 3.63) is 21.2 Å². The van der Waals surface area contributed by atoms with E-state index in [0.717, 1.165) is 21.3 Å². The van der Waals surface area contributed by atoms with Crippen LogP contribution in [0.4, 0.5) is 5.82 Å². The first-order valence-electron chi connectivity index (χ1n) is 4.79. The Morgan fingerprint density at radius 1 is 1.36 bits per heavy atom. The molecule has 2 nitrogen and oxygen atoms in total. The molecule has 0 spiro atoms. The van der Waals surface area contributed by atoms with Gasteiger partial charge in [0.25, 0.3) is 0 Å². The number of hydrogen-bond donors (Lipinski definition) is 1. The Hall–Kier alpha value is -0.0900. The number of hydrogen-bond acceptors (Lipinski definition) is 2. The number of nitrogens with zero attached hydrogens (tertiary/aromatic N) is 1. The number of anilines is 1. The van der Waals surface area contributed by atoms with Crippen LogP contribution in [0.1, 0.15) is 26.2 Å². The number of aromatic nitrogens is 1. The second-order valence-corrected chi connectivity index (χ2v) is 4.89. The molecule has 0 saturated carbocycles. The zero-order chi connectivity index (χ0) is 10.4. The van der Waals surface area contributed by atoms with Crippen LogP contribution in [0.3, 0.4) is 0 Å². The molecule has 0 aliphatic heterocycles. The van der Waals surface area contributed by atoms with Crippen molar-refractivity contribution in [3.8, 4) is 0 Å². The van der Waals surface area contributed by atoms with Crippen molar-refractivity contribution < 1.29 is 0 Å². The topological polar surface area (TPSA) is 24.9 Å². The predicted molar refractivity (Wildman–Crippen MR) is 67.7 cm³/mol. The van der Waals surface area contributed by atoms with Gasteiger partial charge in [-0.15, -0.1) is 0 Å². The van der Waals surface area contributed by atoms with Crippen molar-refractivity contribution >= 4 is 37.7 Å². The summed E-state index contributed by atoms with van der Waals surface area (Å²) in [6.45, 7) is 3.19. The number of halogens is 2. The average molecular weight is 322 g/mol. The van der Waals surface area contributed by atoms with Crippen LogP contribution in [0, 0.1) is 0 Å². The molecule has 1 heterocycles. The highest BCUT2D eigenvalue weighted by Gasteiger charge is 2.00. The number of rotatable bonds is 5. The Morgan fingerprint density at radius 2 is 2.14 bits per heavy atom. The van der Waals surface area contributed by atoms with Gasteiger partial charge in [0.15, 0.2) is 0 Å². The molecule has 0 saturated heterocycles. The third-order valence-electron chi connectivity index (χ3n) is 1.88. The van der Waals surface area contributed by atoms with Crippen LogP contribution in [0.15, 0.2) is 21.2 Å². The molecule has 1 aromatic heterocycles. The first-order chi connectivity index (χ1) is 6.74. The van der Waals surface area contributed by atoms with Gasteiger partial charge in [-0.1, -0.05) is 19.8 Å². The lowest BCUT2D eigenvalue weighted by atomic mass is 10.2. The van der Waals surface area contributed by atoms with E-state index < -0.39 is 0 Å². The fourth-order valence-electron chi connectivity index (χ4n) is 1.13. The summed E-state index contributed by atoms with van der Waals surface area (Å²) in [5.41, 5.74) is 0. The van der Waals surface area contributed by atoms with Gasteiger partial charge in [0.2, 0.25) is 0 Å². The molecule has 0 bridgehead atoms. The molecule has 0 amide bonds. The maximum absolute atomic E-state index is 4.27. The van der Waals surface area contributed by atoms with Crippen molar-refractivity contribution in [1.29, 1.82) is 0 Å². The molecule has 0 atom stereocenters. The normalized spacial score (nSPS) is 10.2. The Bertz CT molecular complexity index is 289. The quantitative estimate of drug-likeness (QED) is 0.822.